The van der Waals surface area contributed by atoms with Crippen molar-refractivity contribution >= 4 is 22.5 Å². The van der Waals surface area contributed by atoms with E-state index in [2.05, 4.69) is 22.1 Å². The van der Waals surface area contributed by atoms with Gasteiger partial charge in [-0.3, -0.25) is 9.69 Å². The van der Waals surface area contributed by atoms with Crippen LogP contribution >= 0.6 is 11.6 Å². The van der Waals surface area contributed by atoms with Gasteiger partial charge in [0.2, 0.25) is 0 Å². The number of hydrogen-bond donors (Lipinski definition) is 2. The van der Waals surface area contributed by atoms with Gasteiger partial charge >= 0.3 is 0 Å². The number of hydrogen-bond acceptors (Lipinski definition) is 3. The first-order valence-corrected chi connectivity index (χ1v) is 8.81. The fourth-order valence-corrected chi connectivity index (χ4v) is 3.60. The lowest BCUT2D eigenvalue weighted by molar-refractivity contribution is 0.153. The average molecular weight is 334 g/mol. The molecule has 0 amide bonds. The van der Waals surface area contributed by atoms with Crippen LogP contribution < -0.4 is 10.9 Å². The number of nitrogens with zero attached hydrogens (tertiary/aromatic N) is 1. The molecule has 1 unspecified atom stereocenters. The van der Waals surface area contributed by atoms with E-state index in [4.69, 9.17) is 11.6 Å². The van der Waals surface area contributed by atoms with E-state index in [0.29, 0.717) is 17.6 Å². The molecule has 0 radical (unpaired) electrons. The molecule has 2 aromatic rings. The van der Waals surface area contributed by atoms with Crippen LogP contribution in [0.1, 0.15) is 31.7 Å². The first kappa shape index (κ1) is 16.5. The summed E-state index contributed by atoms with van der Waals surface area (Å²) >= 11 is 5.97. The Kier molecular flexibility index (Phi) is 5.36. The molecule has 124 valence electrons. The number of aromatic nitrogens is 1. The lowest BCUT2D eigenvalue weighted by Crippen LogP contribution is -2.45. The summed E-state index contributed by atoms with van der Waals surface area (Å²) in [7, 11) is 0. The molecule has 1 aliphatic heterocycles. The van der Waals surface area contributed by atoms with Gasteiger partial charge in [0.15, 0.2) is 0 Å². The first-order chi connectivity index (χ1) is 11.2. The molecule has 1 aliphatic rings. The van der Waals surface area contributed by atoms with Gasteiger partial charge in [-0.25, -0.2) is 0 Å². The third-order valence-electron chi connectivity index (χ3n) is 4.74. The van der Waals surface area contributed by atoms with Crippen LogP contribution in [0.5, 0.6) is 0 Å². The normalized spacial score (nSPS) is 19.3. The summed E-state index contributed by atoms with van der Waals surface area (Å²) in [5.74, 6) is 0. The lowest BCUT2D eigenvalue weighted by atomic mass is 10.0. The van der Waals surface area contributed by atoms with Crippen molar-refractivity contribution in [3.8, 4) is 0 Å². The number of fused-ring (bicyclic) bond motifs is 1. The van der Waals surface area contributed by atoms with Gasteiger partial charge in [0.25, 0.3) is 5.56 Å². The second kappa shape index (κ2) is 7.47. The number of likely N-dealkylation sites (N-methyl/N-ethyl adjacent to an activating group) is 1. The van der Waals surface area contributed by atoms with E-state index >= 15 is 0 Å². The topological polar surface area (TPSA) is 48.1 Å². The first-order valence-electron chi connectivity index (χ1n) is 8.43. The highest BCUT2D eigenvalue weighted by atomic mass is 35.5. The summed E-state index contributed by atoms with van der Waals surface area (Å²) in [6, 6.07) is 8.12. The van der Waals surface area contributed by atoms with Crippen LogP contribution in [0.4, 0.5) is 0 Å². The summed E-state index contributed by atoms with van der Waals surface area (Å²) in [6.07, 6.45) is 3.85. The van der Waals surface area contributed by atoms with Crippen LogP contribution in [-0.2, 0) is 6.54 Å². The number of halogens is 1. The molecule has 1 aromatic carbocycles. The van der Waals surface area contributed by atoms with Crippen LogP contribution in [0, 0.1) is 0 Å². The molecular weight excluding hydrogens is 310 g/mol. The maximum atomic E-state index is 12.2. The van der Waals surface area contributed by atoms with E-state index in [1.165, 1.54) is 25.8 Å². The van der Waals surface area contributed by atoms with Crippen LogP contribution in [0.15, 0.2) is 29.1 Å². The summed E-state index contributed by atoms with van der Waals surface area (Å²) in [5.41, 5.74) is 1.53. The molecule has 23 heavy (non-hydrogen) atoms. The highest BCUT2D eigenvalue weighted by Crippen LogP contribution is 2.18. The van der Waals surface area contributed by atoms with Crippen LogP contribution in [0.2, 0.25) is 5.02 Å². The minimum Gasteiger partial charge on any atom is -0.322 e. The number of piperidine rings is 1. The van der Waals surface area contributed by atoms with E-state index < -0.39 is 0 Å². The Bertz CT molecular complexity index is 728. The van der Waals surface area contributed by atoms with Gasteiger partial charge in [0.1, 0.15) is 0 Å². The SMILES string of the molecule is CCN1CCCCC1CNCc1cc2ccc(Cl)cc2[nH]c1=O. The smallest absolute Gasteiger partial charge is 0.252 e. The summed E-state index contributed by atoms with van der Waals surface area (Å²) in [4.78, 5) is 17.6. The monoisotopic (exact) mass is 333 g/mol. The molecule has 4 nitrogen and oxygen atoms in total. The third kappa shape index (κ3) is 3.94. The second-order valence-electron chi connectivity index (χ2n) is 6.26. The summed E-state index contributed by atoms with van der Waals surface area (Å²) in [5, 5.41) is 5.11. The van der Waals surface area contributed by atoms with Gasteiger partial charge < -0.3 is 10.3 Å². The molecule has 2 heterocycles. The molecule has 0 bridgehead atoms. The Morgan fingerprint density at radius 1 is 1.35 bits per heavy atom. The van der Waals surface area contributed by atoms with Crippen molar-refractivity contribution in [3.63, 3.8) is 0 Å². The highest BCUT2D eigenvalue weighted by Gasteiger charge is 2.20. The summed E-state index contributed by atoms with van der Waals surface area (Å²) < 4.78 is 0. The molecule has 1 fully saturated rings. The molecule has 5 heteroatoms. The second-order valence-corrected chi connectivity index (χ2v) is 6.70. The molecule has 0 spiro atoms. The molecule has 0 saturated carbocycles. The van der Waals surface area contributed by atoms with E-state index in [-0.39, 0.29) is 5.56 Å². The predicted molar refractivity (Wildman–Crippen MR) is 96.2 cm³/mol. The van der Waals surface area contributed by atoms with Gasteiger partial charge in [-0.2, -0.15) is 0 Å². The highest BCUT2D eigenvalue weighted by molar-refractivity contribution is 6.31. The number of rotatable bonds is 5. The van der Waals surface area contributed by atoms with Crippen molar-refractivity contribution in [1.82, 2.24) is 15.2 Å². The Balaban J connectivity index is 1.66. The lowest BCUT2D eigenvalue weighted by Gasteiger charge is -2.35. The van der Waals surface area contributed by atoms with Crippen LogP contribution in [0.3, 0.4) is 0 Å². The molecule has 0 aliphatic carbocycles. The van der Waals surface area contributed by atoms with Gasteiger partial charge in [-0.1, -0.05) is 31.0 Å². The Hall–Kier alpha value is -1.36. The minimum atomic E-state index is -0.0386. The molecular formula is C18H24ClN3O. The zero-order chi connectivity index (χ0) is 16.2. The van der Waals surface area contributed by atoms with Crippen molar-refractivity contribution in [3.05, 3.63) is 45.2 Å². The van der Waals surface area contributed by atoms with Gasteiger partial charge in [0.05, 0.1) is 0 Å². The zero-order valence-electron chi connectivity index (χ0n) is 13.6. The Labute approximate surface area is 141 Å². The molecule has 3 rings (SSSR count). The fourth-order valence-electron chi connectivity index (χ4n) is 3.43. The summed E-state index contributed by atoms with van der Waals surface area (Å²) in [6.45, 7) is 6.05. The number of benzene rings is 1. The largest absolute Gasteiger partial charge is 0.322 e. The van der Waals surface area contributed by atoms with Crippen molar-refractivity contribution in [1.29, 1.82) is 0 Å². The van der Waals surface area contributed by atoms with Crippen LogP contribution in [-0.4, -0.2) is 35.6 Å². The van der Waals surface area contributed by atoms with Gasteiger partial charge in [-0.05, 0) is 49.5 Å². The number of aromatic amines is 1. The van der Waals surface area contributed by atoms with Gasteiger partial charge in [0, 0.05) is 35.2 Å². The van der Waals surface area contributed by atoms with E-state index in [0.717, 1.165) is 29.6 Å². The average Bonchev–Trinajstić information content (AvgIpc) is 2.56. The number of nitrogens with one attached hydrogen (secondary N) is 2. The number of pyridine rings is 1. The number of likely N-dealkylation sites (tertiary alicyclic amines) is 1. The van der Waals surface area contributed by atoms with E-state index in [9.17, 15) is 4.79 Å². The quantitative estimate of drug-likeness (QED) is 0.883. The molecule has 1 saturated heterocycles. The van der Waals surface area contributed by atoms with Crippen molar-refractivity contribution in [2.24, 2.45) is 0 Å². The molecule has 2 N–H and O–H groups in total. The van der Waals surface area contributed by atoms with Gasteiger partial charge in [-0.15, -0.1) is 0 Å². The van der Waals surface area contributed by atoms with Crippen molar-refractivity contribution in [2.45, 2.75) is 38.8 Å². The molecule has 1 atom stereocenters. The van der Waals surface area contributed by atoms with Crippen molar-refractivity contribution < 1.29 is 0 Å². The Morgan fingerprint density at radius 2 is 2.22 bits per heavy atom. The standard InChI is InChI=1S/C18H24ClN3O/c1-2-22-8-4-3-5-16(22)12-20-11-14-9-13-6-7-15(19)10-17(13)21-18(14)23/h6-7,9-10,16,20H,2-5,8,11-12H2,1H3,(H,21,23). The Morgan fingerprint density at radius 3 is 3.04 bits per heavy atom. The van der Waals surface area contributed by atoms with Crippen LogP contribution in [0.25, 0.3) is 10.9 Å². The van der Waals surface area contributed by atoms with E-state index in [1.54, 1.807) is 6.07 Å². The molecule has 1 aromatic heterocycles. The van der Waals surface area contributed by atoms with Crippen molar-refractivity contribution in [2.75, 3.05) is 19.6 Å². The zero-order valence-corrected chi connectivity index (χ0v) is 14.3. The van der Waals surface area contributed by atoms with E-state index in [1.807, 2.05) is 18.2 Å². The minimum absolute atomic E-state index is 0.0386. The third-order valence-corrected chi connectivity index (χ3v) is 4.97. The fraction of sp³-hybridized carbons (Fsp3) is 0.500. The predicted octanol–water partition coefficient (Wildman–Crippen LogP) is 3.15. The maximum absolute atomic E-state index is 12.2. The number of H-pyrrole nitrogens is 1. The maximum Gasteiger partial charge on any atom is 0.252 e.